The van der Waals surface area contributed by atoms with Crippen molar-refractivity contribution in [3.8, 4) is 22.8 Å². The van der Waals surface area contributed by atoms with Gasteiger partial charge in [0.25, 0.3) is 5.91 Å². The number of hydrogen-bond donors (Lipinski definition) is 3. The maximum atomic E-state index is 11.9. The van der Waals surface area contributed by atoms with Crippen LogP contribution in [0.1, 0.15) is 58.3 Å². The van der Waals surface area contributed by atoms with Gasteiger partial charge in [0.1, 0.15) is 11.2 Å². The average molecular weight is 442 g/mol. The Morgan fingerprint density at radius 3 is 2.44 bits per heavy atom. The van der Waals surface area contributed by atoms with E-state index in [2.05, 4.69) is 50.0 Å². The van der Waals surface area contributed by atoms with E-state index < -0.39 is 11.9 Å². The molecular weight excluding hydrogens is 410 g/mol. The molecule has 3 rings (SSSR count). The number of primary amides is 1. The van der Waals surface area contributed by atoms with E-state index in [-0.39, 0.29) is 16.5 Å². The summed E-state index contributed by atoms with van der Waals surface area (Å²) in [4.78, 5) is 26.6. The highest BCUT2D eigenvalue weighted by Crippen LogP contribution is 2.38. The number of ether oxygens (including phenoxy) is 2. The van der Waals surface area contributed by atoms with E-state index in [1.54, 1.807) is 22.7 Å². The number of carbonyl (C=O) groups is 2. The number of hydrogen-bond acceptors (Lipinski definition) is 6. The minimum Gasteiger partial charge on any atom is -0.493 e. The van der Waals surface area contributed by atoms with Crippen molar-refractivity contribution in [2.45, 2.75) is 53.5 Å². The highest BCUT2D eigenvalue weighted by molar-refractivity contribution is 5.99. The van der Waals surface area contributed by atoms with Crippen LogP contribution in [-0.4, -0.2) is 39.1 Å². The first-order valence-corrected chi connectivity index (χ1v) is 10.4. The van der Waals surface area contributed by atoms with E-state index in [0.29, 0.717) is 28.7 Å². The monoisotopic (exact) mass is 441 g/mol. The van der Waals surface area contributed by atoms with Gasteiger partial charge in [0.2, 0.25) is 0 Å². The smallest absolute Gasteiger partial charge is 0.308 e. The van der Waals surface area contributed by atoms with Crippen LogP contribution in [0.5, 0.6) is 11.5 Å². The minimum absolute atomic E-state index is 0.0868. The fraction of sp³-hybridized carbons (Fsp3) is 0.435. The molecule has 0 aliphatic carbocycles. The molecular formula is C23H31N5O4. The van der Waals surface area contributed by atoms with Gasteiger partial charge in [-0.3, -0.25) is 9.59 Å². The Kier molecular flexibility index (Phi) is 5.95. The molecule has 2 aromatic heterocycles. The molecule has 0 saturated heterocycles. The highest BCUT2D eigenvalue weighted by atomic mass is 16.6. The van der Waals surface area contributed by atoms with Gasteiger partial charge in [-0.1, -0.05) is 20.8 Å². The number of nitrogens with one attached hydrogen (secondary N) is 2. The van der Waals surface area contributed by atoms with Crippen LogP contribution in [0.25, 0.3) is 16.9 Å². The van der Waals surface area contributed by atoms with E-state index in [0.717, 1.165) is 12.0 Å². The third-order valence-electron chi connectivity index (χ3n) is 4.86. The van der Waals surface area contributed by atoms with E-state index in [1.165, 1.54) is 20.2 Å². The molecule has 9 nitrogen and oxygen atoms in total. The van der Waals surface area contributed by atoms with Crippen LogP contribution in [0, 0.1) is 5.41 Å². The second-order valence-corrected chi connectivity index (χ2v) is 9.74. The zero-order valence-electron chi connectivity index (χ0n) is 19.6. The summed E-state index contributed by atoms with van der Waals surface area (Å²) in [5.41, 5.74) is 7.58. The van der Waals surface area contributed by atoms with Crippen LogP contribution in [-0.2, 0) is 4.79 Å². The summed E-state index contributed by atoms with van der Waals surface area (Å²) in [7, 11) is 1.50. The Morgan fingerprint density at radius 1 is 1.19 bits per heavy atom. The van der Waals surface area contributed by atoms with Gasteiger partial charge in [0, 0.05) is 18.0 Å². The number of fused-ring (bicyclic) bond motifs is 1. The molecule has 3 aromatic rings. The third kappa shape index (κ3) is 4.87. The molecule has 172 valence electrons. The first kappa shape index (κ1) is 23.2. The van der Waals surface area contributed by atoms with E-state index in [1.807, 2.05) is 0 Å². The normalized spacial score (nSPS) is 12.1. The predicted octanol–water partition coefficient (Wildman–Crippen LogP) is 3.99. The number of aromatic amines is 1. The molecule has 0 radical (unpaired) electrons. The van der Waals surface area contributed by atoms with Crippen molar-refractivity contribution in [2.24, 2.45) is 11.1 Å². The lowest BCUT2D eigenvalue weighted by atomic mass is 9.82. The third-order valence-corrected chi connectivity index (χ3v) is 4.86. The second kappa shape index (κ2) is 8.22. The number of rotatable bonds is 7. The van der Waals surface area contributed by atoms with Crippen molar-refractivity contribution >= 4 is 23.3 Å². The Bertz CT molecular complexity index is 1170. The molecule has 0 saturated carbocycles. The van der Waals surface area contributed by atoms with Gasteiger partial charge in [-0.05, 0) is 43.9 Å². The van der Waals surface area contributed by atoms with Gasteiger partial charge in [0.05, 0.1) is 19.0 Å². The molecule has 1 amide bonds. The summed E-state index contributed by atoms with van der Waals surface area (Å²) < 4.78 is 12.3. The largest absolute Gasteiger partial charge is 0.493 e. The Labute approximate surface area is 187 Å². The van der Waals surface area contributed by atoms with Crippen molar-refractivity contribution < 1.29 is 19.1 Å². The number of nitrogens with two attached hydrogens (primary N) is 1. The molecule has 2 heterocycles. The topological polar surface area (TPSA) is 124 Å². The number of H-pyrrole nitrogens is 1. The fourth-order valence-corrected chi connectivity index (χ4v) is 4.18. The van der Waals surface area contributed by atoms with Crippen LogP contribution in [0.2, 0.25) is 0 Å². The number of anilines is 1. The first-order chi connectivity index (χ1) is 14.8. The van der Waals surface area contributed by atoms with Crippen LogP contribution in [0.3, 0.4) is 0 Å². The van der Waals surface area contributed by atoms with E-state index in [4.69, 9.17) is 15.2 Å². The number of carbonyl (C=O) groups excluding carboxylic acids is 2. The molecule has 0 aliphatic rings. The maximum absolute atomic E-state index is 11.9. The summed E-state index contributed by atoms with van der Waals surface area (Å²) in [6.45, 7) is 12.1. The van der Waals surface area contributed by atoms with Gasteiger partial charge in [-0.2, -0.15) is 9.61 Å². The van der Waals surface area contributed by atoms with E-state index >= 15 is 0 Å². The molecule has 0 atom stereocenters. The van der Waals surface area contributed by atoms with E-state index in [9.17, 15) is 9.59 Å². The van der Waals surface area contributed by atoms with Gasteiger partial charge in [0.15, 0.2) is 17.3 Å². The number of amides is 1. The van der Waals surface area contributed by atoms with Crippen molar-refractivity contribution in [1.82, 2.24) is 14.6 Å². The number of imidazole rings is 1. The number of benzene rings is 1. The summed E-state index contributed by atoms with van der Waals surface area (Å²) in [5.74, 6) is 0.396. The van der Waals surface area contributed by atoms with Gasteiger partial charge in [-0.25, -0.2) is 0 Å². The highest BCUT2D eigenvalue weighted by Gasteiger charge is 2.29. The Balaban J connectivity index is 2.17. The standard InChI is InChI=1S/C23H31N5O4/c1-13(29)32-16-9-8-14(10-17(16)31-7)18-21(27-23(5,6)12-22(2,3)4)28-20(26-18)15(11-25-28)19(24)30/h8-11,26-27H,12H2,1-7H3,(H2,24,30). The number of esters is 1. The van der Waals surface area contributed by atoms with Gasteiger partial charge >= 0.3 is 5.97 Å². The van der Waals surface area contributed by atoms with Crippen molar-refractivity contribution in [3.05, 3.63) is 30.0 Å². The van der Waals surface area contributed by atoms with Crippen molar-refractivity contribution in [1.29, 1.82) is 0 Å². The molecule has 0 bridgehead atoms. The lowest BCUT2D eigenvalue weighted by Gasteiger charge is -2.34. The van der Waals surface area contributed by atoms with Crippen LogP contribution in [0.4, 0.5) is 5.82 Å². The zero-order chi connectivity index (χ0) is 23.8. The average Bonchev–Trinajstić information content (AvgIpc) is 3.19. The molecule has 0 fully saturated rings. The zero-order valence-corrected chi connectivity index (χ0v) is 19.6. The first-order valence-electron chi connectivity index (χ1n) is 10.4. The SMILES string of the molecule is COc1cc(-c2[nH]c3c(C(N)=O)cnn3c2NC(C)(C)CC(C)(C)C)ccc1OC(C)=O. The van der Waals surface area contributed by atoms with Crippen molar-refractivity contribution in [2.75, 3.05) is 12.4 Å². The molecule has 0 aliphatic heterocycles. The fourth-order valence-electron chi connectivity index (χ4n) is 4.18. The molecule has 0 spiro atoms. The lowest BCUT2D eigenvalue weighted by molar-refractivity contribution is -0.132. The quantitative estimate of drug-likeness (QED) is 0.376. The Hall–Kier alpha value is -3.49. The predicted molar refractivity (Wildman–Crippen MR) is 123 cm³/mol. The summed E-state index contributed by atoms with van der Waals surface area (Å²) in [6.07, 6.45) is 2.33. The number of aromatic nitrogens is 3. The number of methoxy groups -OCH3 is 1. The van der Waals surface area contributed by atoms with Gasteiger partial charge < -0.3 is 25.5 Å². The summed E-state index contributed by atoms with van der Waals surface area (Å²) >= 11 is 0. The van der Waals surface area contributed by atoms with Gasteiger partial charge in [-0.15, -0.1) is 0 Å². The summed E-state index contributed by atoms with van der Waals surface area (Å²) in [5, 5.41) is 7.98. The summed E-state index contributed by atoms with van der Waals surface area (Å²) in [6, 6.07) is 5.23. The number of nitrogens with zero attached hydrogens (tertiary/aromatic N) is 2. The molecule has 4 N–H and O–H groups in total. The van der Waals surface area contributed by atoms with Crippen LogP contribution in [0.15, 0.2) is 24.4 Å². The Morgan fingerprint density at radius 2 is 1.88 bits per heavy atom. The molecule has 0 unspecified atom stereocenters. The lowest BCUT2D eigenvalue weighted by Crippen LogP contribution is -2.36. The molecule has 1 aromatic carbocycles. The van der Waals surface area contributed by atoms with Crippen LogP contribution >= 0.6 is 0 Å². The second-order valence-electron chi connectivity index (χ2n) is 9.74. The maximum Gasteiger partial charge on any atom is 0.308 e. The molecule has 9 heteroatoms. The van der Waals surface area contributed by atoms with Crippen molar-refractivity contribution in [3.63, 3.8) is 0 Å². The molecule has 32 heavy (non-hydrogen) atoms. The minimum atomic E-state index is -0.573. The van der Waals surface area contributed by atoms with Crippen LogP contribution < -0.4 is 20.5 Å².